The molecule has 0 aromatic heterocycles. The fourth-order valence-corrected chi connectivity index (χ4v) is 1.57. The third kappa shape index (κ3) is 5.61. The number of benzene rings is 1. The van der Waals surface area contributed by atoms with Crippen molar-refractivity contribution in [2.45, 2.75) is 25.9 Å². The molecule has 1 unspecified atom stereocenters. The van der Waals surface area contributed by atoms with Gasteiger partial charge in [-0.2, -0.15) is 0 Å². The lowest BCUT2D eigenvalue weighted by Crippen LogP contribution is -2.31. The van der Waals surface area contributed by atoms with E-state index < -0.39 is 0 Å². The second kappa shape index (κ2) is 7.63. The largest absolute Gasteiger partial charge is 0.393 e. The Balaban J connectivity index is 2.36. The van der Waals surface area contributed by atoms with E-state index in [1.165, 1.54) is 0 Å². The van der Waals surface area contributed by atoms with E-state index >= 15 is 0 Å². The molecule has 0 heterocycles. The Morgan fingerprint density at radius 3 is 2.47 bits per heavy atom. The first-order chi connectivity index (χ1) is 9.02. The van der Waals surface area contributed by atoms with E-state index in [2.05, 4.69) is 10.6 Å². The molecular weight excluding hydrogens is 242 g/mol. The van der Waals surface area contributed by atoms with Crippen molar-refractivity contribution in [3.63, 3.8) is 0 Å². The molecule has 0 spiro atoms. The SMILES string of the molecule is CCC(O)CCNC(=O)Nc1ccc(N(C)C)cc1. The summed E-state index contributed by atoms with van der Waals surface area (Å²) in [6.45, 7) is 2.38. The van der Waals surface area contributed by atoms with Gasteiger partial charge < -0.3 is 20.6 Å². The third-order valence-electron chi connectivity index (χ3n) is 2.88. The van der Waals surface area contributed by atoms with Crippen LogP contribution < -0.4 is 15.5 Å². The van der Waals surface area contributed by atoms with Crippen molar-refractivity contribution >= 4 is 17.4 Å². The third-order valence-corrected chi connectivity index (χ3v) is 2.88. The van der Waals surface area contributed by atoms with Gasteiger partial charge in [0.2, 0.25) is 0 Å². The number of hydrogen-bond donors (Lipinski definition) is 3. The average molecular weight is 265 g/mol. The van der Waals surface area contributed by atoms with Gasteiger partial charge in [-0.1, -0.05) is 6.92 Å². The van der Waals surface area contributed by atoms with Crippen LogP contribution in [0.2, 0.25) is 0 Å². The average Bonchev–Trinajstić information content (AvgIpc) is 2.39. The minimum Gasteiger partial charge on any atom is -0.393 e. The lowest BCUT2D eigenvalue weighted by molar-refractivity contribution is 0.160. The van der Waals surface area contributed by atoms with E-state index in [4.69, 9.17) is 0 Å². The van der Waals surface area contributed by atoms with E-state index in [1.54, 1.807) is 0 Å². The molecule has 1 aromatic rings. The van der Waals surface area contributed by atoms with Crippen LogP contribution in [0, 0.1) is 0 Å². The zero-order valence-electron chi connectivity index (χ0n) is 11.8. The number of anilines is 2. The van der Waals surface area contributed by atoms with Gasteiger partial charge in [-0.25, -0.2) is 4.79 Å². The number of aliphatic hydroxyl groups excluding tert-OH is 1. The van der Waals surface area contributed by atoms with Crippen molar-refractivity contribution in [2.75, 3.05) is 30.9 Å². The van der Waals surface area contributed by atoms with Crippen molar-refractivity contribution in [1.29, 1.82) is 0 Å². The number of aliphatic hydroxyl groups is 1. The predicted molar refractivity (Wildman–Crippen MR) is 78.7 cm³/mol. The maximum absolute atomic E-state index is 11.6. The Morgan fingerprint density at radius 2 is 1.95 bits per heavy atom. The van der Waals surface area contributed by atoms with Crippen LogP contribution in [0.15, 0.2) is 24.3 Å². The molecule has 1 rings (SSSR count). The number of hydrogen-bond acceptors (Lipinski definition) is 3. The summed E-state index contributed by atoms with van der Waals surface area (Å²) >= 11 is 0. The van der Waals surface area contributed by atoms with E-state index in [1.807, 2.05) is 50.2 Å². The monoisotopic (exact) mass is 265 g/mol. The molecule has 5 heteroatoms. The van der Waals surface area contributed by atoms with Gasteiger partial charge in [0.15, 0.2) is 0 Å². The Hall–Kier alpha value is -1.75. The Bertz CT molecular complexity index is 390. The van der Waals surface area contributed by atoms with Crippen LogP contribution in [-0.4, -0.2) is 37.9 Å². The molecular formula is C14H23N3O2. The minimum atomic E-state index is -0.348. The van der Waals surface area contributed by atoms with Gasteiger partial charge in [0.25, 0.3) is 0 Å². The number of urea groups is 1. The molecule has 0 aliphatic heterocycles. The first kappa shape index (κ1) is 15.3. The van der Waals surface area contributed by atoms with Crippen LogP contribution in [0.3, 0.4) is 0 Å². The lowest BCUT2D eigenvalue weighted by atomic mass is 10.2. The van der Waals surface area contributed by atoms with Gasteiger partial charge in [-0.05, 0) is 37.1 Å². The lowest BCUT2D eigenvalue weighted by Gasteiger charge is -2.13. The number of carbonyl (C=O) groups excluding carboxylic acids is 1. The van der Waals surface area contributed by atoms with Crippen LogP contribution in [0.5, 0.6) is 0 Å². The Kier molecular flexibility index (Phi) is 6.15. The van der Waals surface area contributed by atoms with Crippen LogP contribution >= 0.6 is 0 Å². The topological polar surface area (TPSA) is 64.6 Å². The second-order valence-corrected chi connectivity index (χ2v) is 4.67. The quantitative estimate of drug-likeness (QED) is 0.737. The van der Waals surface area contributed by atoms with Crippen LogP contribution in [0.1, 0.15) is 19.8 Å². The number of rotatable bonds is 6. The van der Waals surface area contributed by atoms with Crippen LogP contribution in [0.25, 0.3) is 0 Å². The summed E-state index contributed by atoms with van der Waals surface area (Å²) in [5.41, 5.74) is 1.83. The molecule has 3 N–H and O–H groups in total. The number of nitrogens with one attached hydrogen (secondary N) is 2. The van der Waals surface area contributed by atoms with Gasteiger partial charge in [0.1, 0.15) is 0 Å². The Labute approximate surface area is 114 Å². The van der Waals surface area contributed by atoms with Crippen molar-refractivity contribution in [3.8, 4) is 0 Å². The molecule has 1 atom stereocenters. The minimum absolute atomic E-state index is 0.249. The summed E-state index contributed by atoms with van der Waals surface area (Å²) in [4.78, 5) is 13.6. The summed E-state index contributed by atoms with van der Waals surface area (Å²) in [5, 5.41) is 14.8. The maximum atomic E-state index is 11.6. The summed E-state index contributed by atoms with van der Waals surface area (Å²) in [7, 11) is 3.93. The highest BCUT2D eigenvalue weighted by Crippen LogP contribution is 2.15. The summed E-state index contributed by atoms with van der Waals surface area (Å²) in [6, 6.07) is 7.35. The first-order valence-corrected chi connectivity index (χ1v) is 6.53. The number of amides is 2. The fraction of sp³-hybridized carbons (Fsp3) is 0.500. The highest BCUT2D eigenvalue weighted by Gasteiger charge is 2.04. The fourth-order valence-electron chi connectivity index (χ4n) is 1.57. The molecule has 0 radical (unpaired) electrons. The number of carbonyl (C=O) groups is 1. The number of nitrogens with zero attached hydrogens (tertiary/aromatic N) is 1. The highest BCUT2D eigenvalue weighted by atomic mass is 16.3. The summed E-state index contributed by atoms with van der Waals surface area (Å²) in [5.74, 6) is 0. The van der Waals surface area contributed by atoms with Gasteiger partial charge in [0, 0.05) is 32.0 Å². The molecule has 106 valence electrons. The van der Waals surface area contributed by atoms with E-state index in [-0.39, 0.29) is 12.1 Å². The van der Waals surface area contributed by atoms with Crippen molar-refractivity contribution in [3.05, 3.63) is 24.3 Å². The van der Waals surface area contributed by atoms with Crippen LogP contribution in [-0.2, 0) is 0 Å². The Morgan fingerprint density at radius 1 is 1.32 bits per heavy atom. The maximum Gasteiger partial charge on any atom is 0.319 e. The van der Waals surface area contributed by atoms with E-state index in [0.717, 1.165) is 11.4 Å². The van der Waals surface area contributed by atoms with Gasteiger partial charge >= 0.3 is 6.03 Å². The smallest absolute Gasteiger partial charge is 0.319 e. The molecule has 0 saturated heterocycles. The molecule has 1 aromatic carbocycles. The van der Waals surface area contributed by atoms with Gasteiger partial charge in [0.05, 0.1) is 6.10 Å². The van der Waals surface area contributed by atoms with Crippen molar-refractivity contribution < 1.29 is 9.90 Å². The zero-order chi connectivity index (χ0) is 14.3. The molecule has 0 bridgehead atoms. The van der Waals surface area contributed by atoms with Crippen molar-refractivity contribution in [1.82, 2.24) is 5.32 Å². The molecule has 0 saturated carbocycles. The second-order valence-electron chi connectivity index (χ2n) is 4.67. The molecule has 5 nitrogen and oxygen atoms in total. The highest BCUT2D eigenvalue weighted by molar-refractivity contribution is 5.89. The first-order valence-electron chi connectivity index (χ1n) is 6.53. The van der Waals surface area contributed by atoms with Crippen molar-refractivity contribution in [2.24, 2.45) is 0 Å². The van der Waals surface area contributed by atoms with E-state index in [0.29, 0.717) is 19.4 Å². The standard InChI is InChI=1S/C14H23N3O2/c1-4-13(18)9-10-15-14(19)16-11-5-7-12(8-6-11)17(2)3/h5-8,13,18H,4,9-10H2,1-3H3,(H2,15,16,19). The van der Waals surface area contributed by atoms with Crippen LogP contribution in [0.4, 0.5) is 16.2 Å². The molecule has 2 amide bonds. The molecule has 19 heavy (non-hydrogen) atoms. The molecule has 0 aliphatic carbocycles. The van der Waals surface area contributed by atoms with Gasteiger partial charge in [-0.15, -0.1) is 0 Å². The predicted octanol–water partition coefficient (Wildman–Crippen LogP) is 2.04. The summed E-state index contributed by atoms with van der Waals surface area (Å²) < 4.78 is 0. The van der Waals surface area contributed by atoms with Gasteiger partial charge in [-0.3, -0.25) is 0 Å². The molecule has 0 fully saturated rings. The normalized spacial score (nSPS) is 11.8. The molecule has 0 aliphatic rings. The zero-order valence-corrected chi connectivity index (χ0v) is 11.8. The van der Waals surface area contributed by atoms with E-state index in [9.17, 15) is 9.90 Å². The summed E-state index contributed by atoms with van der Waals surface area (Å²) in [6.07, 6.45) is 0.929.